The van der Waals surface area contributed by atoms with Crippen molar-refractivity contribution in [3.05, 3.63) is 48.6 Å². The molecule has 0 saturated carbocycles. The number of hydrogen-bond donors (Lipinski definition) is 2. The molecule has 1 aromatic carbocycles. The third-order valence-corrected chi connectivity index (χ3v) is 5.92. The van der Waals surface area contributed by atoms with Crippen LogP contribution in [0.5, 0.6) is 0 Å². The molecular formula is C25H32Cl3NO8. The monoisotopic (exact) mass is 579 g/mol. The first-order chi connectivity index (χ1) is 17.5. The Kier molecular flexibility index (Phi) is 13.3. The Labute approximate surface area is 231 Å². The fourth-order valence-corrected chi connectivity index (χ4v) is 3.67. The summed E-state index contributed by atoms with van der Waals surface area (Å²) in [7, 11) is 0. The molecule has 0 radical (unpaired) electrons. The van der Waals surface area contributed by atoms with Crippen LogP contribution < -0.4 is 5.32 Å². The number of amides is 1. The van der Waals surface area contributed by atoms with E-state index in [0.29, 0.717) is 12.8 Å². The van der Waals surface area contributed by atoms with Gasteiger partial charge in [-0.3, -0.25) is 9.59 Å². The van der Waals surface area contributed by atoms with Crippen LogP contribution in [0.3, 0.4) is 0 Å². The van der Waals surface area contributed by atoms with Crippen LogP contribution in [-0.2, 0) is 39.9 Å². The van der Waals surface area contributed by atoms with E-state index in [1.54, 1.807) is 6.08 Å². The van der Waals surface area contributed by atoms with E-state index in [9.17, 15) is 19.5 Å². The summed E-state index contributed by atoms with van der Waals surface area (Å²) >= 11 is 17.2. The number of hydrogen-bond acceptors (Lipinski definition) is 8. The molecule has 0 spiro atoms. The first-order valence-corrected chi connectivity index (χ1v) is 12.9. The van der Waals surface area contributed by atoms with Crippen molar-refractivity contribution in [1.82, 2.24) is 5.32 Å². The summed E-state index contributed by atoms with van der Waals surface area (Å²) in [5, 5.41) is 13.6. The number of aliphatic hydroxyl groups excluding tert-OH is 1. The van der Waals surface area contributed by atoms with Gasteiger partial charge in [0, 0.05) is 6.42 Å². The maximum Gasteiger partial charge on any atom is 0.306 e. The average Bonchev–Trinajstić information content (AvgIpc) is 2.84. The van der Waals surface area contributed by atoms with Crippen LogP contribution in [0.15, 0.2) is 43.0 Å². The summed E-state index contributed by atoms with van der Waals surface area (Å²) in [4.78, 5) is 36.3. The van der Waals surface area contributed by atoms with Gasteiger partial charge in [0.2, 0.25) is 0 Å². The first kappa shape index (κ1) is 31.5. The predicted octanol–water partition coefficient (Wildman–Crippen LogP) is 3.41. The molecule has 2 N–H and O–H groups in total. The number of nitrogens with one attached hydrogen (secondary N) is 1. The van der Waals surface area contributed by atoms with Crippen LogP contribution >= 0.6 is 34.8 Å². The van der Waals surface area contributed by atoms with Gasteiger partial charge in [-0.25, -0.2) is 0 Å². The van der Waals surface area contributed by atoms with Gasteiger partial charge in [-0.1, -0.05) is 71.2 Å². The maximum absolute atomic E-state index is 12.5. The minimum Gasteiger partial charge on any atom is -0.457 e. The van der Waals surface area contributed by atoms with Crippen molar-refractivity contribution in [1.29, 1.82) is 0 Å². The number of alkyl halides is 3. The normalized spacial score (nSPS) is 23.8. The van der Waals surface area contributed by atoms with E-state index in [0.717, 1.165) is 5.56 Å². The lowest BCUT2D eigenvalue weighted by Crippen LogP contribution is -2.66. The van der Waals surface area contributed by atoms with Gasteiger partial charge in [0.05, 0.1) is 26.2 Å². The summed E-state index contributed by atoms with van der Waals surface area (Å²) in [6.45, 7) is 5.38. The molecule has 1 aliphatic rings. The van der Waals surface area contributed by atoms with E-state index >= 15 is 0 Å². The number of carbonyl (C=O) groups is 3. The summed E-state index contributed by atoms with van der Waals surface area (Å²) in [5.41, 5.74) is 0.907. The van der Waals surface area contributed by atoms with E-state index in [1.807, 2.05) is 30.3 Å². The van der Waals surface area contributed by atoms with Gasteiger partial charge in [0.1, 0.15) is 24.0 Å². The number of aliphatic hydroxyl groups is 1. The van der Waals surface area contributed by atoms with Crippen LogP contribution in [0.4, 0.5) is 0 Å². The Morgan fingerprint density at radius 3 is 2.51 bits per heavy atom. The highest BCUT2D eigenvalue weighted by molar-refractivity contribution is 6.76. The van der Waals surface area contributed by atoms with Crippen molar-refractivity contribution in [2.45, 2.75) is 73.7 Å². The lowest BCUT2D eigenvalue weighted by atomic mass is 9.96. The molecule has 37 heavy (non-hydrogen) atoms. The van der Waals surface area contributed by atoms with Crippen molar-refractivity contribution < 1.29 is 38.4 Å². The van der Waals surface area contributed by atoms with Crippen LogP contribution in [0, 0.1) is 0 Å². The molecule has 0 aromatic heterocycles. The smallest absolute Gasteiger partial charge is 0.306 e. The summed E-state index contributed by atoms with van der Waals surface area (Å²) in [6, 6.07) is 8.14. The van der Waals surface area contributed by atoms with E-state index in [-0.39, 0.29) is 38.4 Å². The Balaban J connectivity index is 2.24. The first-order valence-electron chi connectivity index (χ1n) is 11.8. The molecular weight excluding hydrogens is 549 g/mol. The SMILES string of the molecule is C=CCCCO[C@@H]1O[C@H](COCc2ccccc2)[C@@H](O)[C@H](OC(=O)CCC(C)=O)[C@H]1NC(=O)C(Cl)(Cl)Cl. The topological polar surface area (TPSA) is 120 Å². The quantitative estimate of drug-likeness (QED) is 0.149. The second-order valence-corrected chi connectivity index (χ2v) is 10.8. The second-order valence-electron chi connectivity index (χ2n) is 8.49. The van der Waals surface area contributed by atoms with Crippen molar-refractivity contribution in [2.75, 3.05) is 13.2 Å². The highest BCUT2D eigenvalue weighted by Gasteiger charge is 2.50. The van der Waals surface area contributed by atoms with Gasteiger partial charge in [0.25, 0.3) is 9.70 Å². The lowest BCUT2D eigenvalue weighted by molar-refractivity contribution is -0.276. The Hall–Kier alpha value is -1.72. The molecule has 1 amide bonds. The van der Waals surface area contributed by atoms with Gasteiger partial charge in [-0.15, -0.1) is 6.58 Å². The van der Waals surface area contributed by atoms with Crippen LogP contribution in [-0.4, -0.2) is 70.4 Å². The fraction of sp³-hybridized carbons (Fsp3) is 0.560. The van der Waals surface area contributed by atoms with Crippen LogP contribution in [0.25, 0.3) is 0 Å². The van der Waals surface area contributed by atoms with E-state index in [1.165, 1.54) is 6.92 Å². The van der Waals surface area contributed by atoms with Crippen molar-refractivity contribution >= 4 is 52.5 Å². The number of halogens is 3. The third-order valence-electron chi connectivity index (χ3n) is 5.41. The molecule has 2 rings (SSSR count). The van der Waals surface area contributed by atoms with Gasteiger partial charge < -0.3 is 34.2 Å². The predicted molar refractivity (Wildman–Crippen MR) is 138 cm³/mol. The zero-order valence-electron chi connectivity index (χ0n) is 20.4. The number of rotatable bonds is 14. The molecule has 5 atom stereocenters. The van der Waals surface area contributed by atoms with Gasteiger partial charge >= 0.3 is 5.97 Å². The number of esters is 1. The molecule has 9 nitrogen and oxygen atoms in total. The number of ether oxygens (including phenoxy) is 4. The summed E-state index contributed by atoms with van der Waals surface area (Å²) in [6.07, 6.45) is -2.25. The van der Waals surface area contributed by atoms with E-state index in [2.05, 4.69) is 11.9 Å². The second kappa shape index (κ2) is 15.6. The van der Waals surface area contributed by atoms with Crippen molar-refractivity contribution in [3.8, 4) is 0 Å². The van der Waals surface area contributed by atoms with Crippen LogP contribution in [0.2, 0.25) is 0 Å². The highest BCUT2D eigenvalue weighted by atomic mass is 35.6. The van der Waals surface area contributed by atoms with Crippen molar-refractivity contribution in [3.63, 3.8) is 0 Å². The molecule has 1 heterocycles. The molecule has 1 saturated heterocycles. The number of Topliss-reactive ketones (excluding diaryl/α,β-unsaturated/α-hetero) is 1. The van der Waals surface area contributed by atoms with E-state index < -0.39 is 46.3 Å². The van der Waals surface area contributed by atoms with Gasteiger partial charge in [0.15, 0.2) is 12.4 Å². The minimum atomic E-state index is -2.34. The minimum absolute atomic E-state index is 0.0472. The van der Waals surface area contributed by atoms with Crippen molar-refractivity contribution in [2.24, 2.45) is 0 Å². The number of ketones is 1. The Bertz CT molecular complexity index is 896. The molecule has 1 aliphatic heterocycles. The summed E-state index contributed by atoms with van der Waals surface area (Å²) < 4.78 is 20.7. The standard InChI is InChI=1S/C25H32Cl3NO8/c1-3-4-8-13-35-23-20(29-24(33)25(26,27)28)22(37-19(31)12-11-16(2)30)21(32)18(36-23)15-34-14-17-9-6-5-7-10-17/h3,5-7,9-10,18,20-23,32H,1,4,8,11-15H2,2H3,(H,29,33)/t18-,20-,21-,22-,23-/m1/s1. The number of benzene rings is 1. The van der Waals surface area contributed by atoms with Gasteiger partial charge in [-0.05, 0) is 25.3 Å². The number of unbranched alkanes of at least 4 members (excludes halogenated alkanes) is 1. The largest absolute Gasteiger partial charge is 0.457 e. The maximum atomic E-state index is 12.5. The molecule has 206 valence electrons. The zero-order valence-corrected chi connectivity index (χ0v) is 22.7. The zero-order chi connectivity index (χ0) is 27.4. The molecule has 1 fully saturated rings. The molecule has 0 bridgehead atoms. The molecule has 0 aliphatic carbocycles. The average molecular weight is 581 g/mol. The third kappa shape index (κ3) is 10.9. The number of carbonyl (C=O) groups excluding carboxylic acids is 3. The molecule has 0 unspecified atom stereocenters. The lowest BCUT2D eigenvalue weighted by Gasteiger charge is -2.44. The number of allylic oxidation sites excluding steroid dienone is 1. The Morgan fingerprint density at radius 1 is 1.19 bits per heavy atom. The molecule has 12 heteroatoms. The van der Waals surface area contributed by atoms with E-state index in [4.69, 9.17) is 53.8 Å². The summed E-state index contributed by atoms with van der Waals surface area (Å²) in [5.74, 6) is -1.99. The highest BCUT2D eigenvalue weighted by Crippen LogP contribution is 2.30. The Morgan fingerprint density at radius 2 is 1.89 bits per heavy atom. The van der Waals surface area contributed by atoms with Crippen LogP contribution in [0.1, 0.15) is 38.2 Å². The molecule has 1 aromatic rings. The fourth-order valence-electron chi connectivity index (χ4n) is 3.51. The van der Waals surface area contributed by atoms with Gasteiger partial charge in [-0.2, -0.15) is 0 Å².